The van der Waals surface area contributed by atoms with Gasteiger partial charge >= 0.3 is 0 Å². The van der Waals surface area contributed by atoms with Crippen molar-refractivity contribution in [1.82, 2.24) is 0 Å². The Balaban J connectivity index is -0.000000834. The first kappa shape index (κ1) is 54.3. The molecule has 2 aliphatic rings. The van der Waals surface area contributed by atoms with E-state index in [4.69, 9.17) is 30.6 Å². The maximum atomic E-state index is 10.6. The third-order valence-electron chi connectivity index (χ3n) is 7.04. The zero-order chi connectivity index (χ0) is 35.8. The largest absolute Gasteiger partial charge is 0.655 e. The Morgan fingerprint density at radius 1 is 0.380 bits per heavy atom. The fourth-order valence-corrected chi connectivity index (χ4v) is 4.97. The predicted molar refractivity (Wildman–Crippen MR) is 157 cm³/mol. The van der Waals surface area contributed by atoms with Gasteiger partial charge in [0.1, 0.15) is 0 Å². The smallest absolute Gasteiger partial charge is 0.282 e. The SMILES string of the molecule is O=C(O)C[N-]C1C(O)C([N-]CCCO)C(O)C([N-]CC(=O)O)C1O.O=C(O)C[N-]C1C(O)C([N-]CCO)C(O)C([N-]CC(=O)O)C1O.[Hf].[Hf].[Hf]. The first-order valence-electron chi connectivity index (χ1n) is 14.3. The zero-order valence-corrected chi connectivity index (χ0v) is 37.3. The van der Waals surface area contributed by atoms with Crippen molar-refractivity contribution in [2.45, 2.75) is 79.3 Å². The Labute approximate surface area is 343 Å². The molecule has 0 radical (unpaired) electrons. The summed E-state index contributed by atoms with van der Waals surface area (Å²) in [5.74, 6) is -5.10. The van der Waals surface area contributed by atoms with Crippen LogP contribution in [-0.2, 0) is 96.7 Å². The molecule has 50 heavy (non-hydrogen) atoms. The number of rotatable bonds is 19. The van der Waals surface area contributed by atoms with Crippen LogP contribution in [0.5, 0.6) is 0 Å². The van der Waals surface area contributed by atoms with Crippen molar-refractivity contribution in [2.75, 3.05) is 52.5 Å². The molecule has 12 N–H and O–H groups in total. The first-order chi connectivity index (χ1) is 22.1. The average molecular weight is 1220 g/mol. The van der Waals surface area contributed by atoms with Crippen LogP contribution in [0.1, 0.15) is 6.42 Å². The number of carbonyl (C=O) groups is 4. The molecule has 0 heterocycles. The van der Waals surface area contributed by atoms with Gasteiger partial charge in [-0.15, -0.1) is 13.1 Å². The normalized spacial score (nSPS) is 31.8. The van der Waals surface area contributed by atoms with Gasteiger partial charge in [0.2, 0.25) is 0 Å². The van der Waals surface area contributed by atoms with E-state index in [-0.39, 0.29) is 110 Å². The fourth-order valence-electron chi connectivity index (χ4n) is 4.97. The monoisotopic (exact) mass is 1220 g/mol. The molecule has 0 aromatic carbocycles. The van der Waals surface area contributed by atoms with Crippen LogP contribution < -0.4 is 0 Å². The number of hydrogen-bond acceptors (Lipinski definition) is 12. The maximum Gasteiger partial charge on any atom is 0.282 e. The van der Waals surface area contributed by atoms with Gasteiger partial charge in [-0.1, -0.05) is 36.3 Å². The minimum atomic E-state index is -1.56. The number of aliphatic hydroxyl groups excluding tert-OH is 8. The molecule has 0 aromatic rings. The standard InChI is InChI=1S/C13H22N3O8.C12H20N3O8.3Hf/c17-3-1-2-14-8-11(22)9(15-4-6(18)19)13(24)10(12(8)23)16-5-7(20)21;16-2-1-13-7-10(21)8(14-3-5(17)18)12(23)9(11(7)22)15-4-6(19)20;;;/h8-13,17,22-24H,1-5H2,(H,18,19)(H,20,21);7-12,16,21-23H,1-4H2,(H,17,18)(H,19,20);;;/q2*-3;;;. The van der Waals surface area contributed by atoms with Crippen LogP contribution in [0.4, 0.5) is 0 Å². The average Bonchev–Trinajstić information content (AvgIpc) is 2.98. The molecule has 8 unspecified atom stereocenters. The zero-order valence-electron chi connectivity index (χ0n) is 26.5. The molecule has 0 aliphatic heterocycles. The van der Waals surface area contributed by atoms with Gasteiger partial charge in [-0.2, -0.15) is 0 Å². The van der Waals surface area contributed by atoms with Crippen LogP contribution in [0.15, 0.2) is 0 Å². The van der Waals surface area contributed by atoms with Crippen LogP contribution in [0.2, 0.25) is 0 Å². The van der Waals surface area contributed by atoms with E-state index in [1.54, 1.807) is 0 Å². The molecule has 2 saturated carbocycles. The molecule has 2 fully saturated rings. The Hall–Kier alpha value is -0.0696. The van der Waals surface area contributed by atoms with Crippen molar-refractivity contribution in [3.8, 4) is 0 Å². The molecule has 286 valence electrons. The molecule has 0 bridgehead atoms. The molecular weight excluding hydrogens is 1180 g/mol. The van der Waals surface area contributed by atoms with Crippen LogP contribution in [-0.4, -0.2) is 211 Å². The van der Waals surface area contributed by atoms with Gasteiger partial charge in [-0.25, -0.2) is 0 Å². The summed E-state index contributed by atoms with van der Waals surface area (Å²) in [4.78, 5) is 42.5. The summed E-state index contributed by atoms with van der Waals surface area (Å²) in [6.45, 7) is -3.21. The van der Waals surface area contributed by atoms with Crippen molar-refractivity contribution in [3.63, 3.8) is 0 Å². The Bertz CT molecular complexity index is 936. The van der Waals surface area contributed by atoms with Gasteiger partial charge in [0, 0.05) is 127 Å². The topological polar surface area (TPSA) is 396 Å². The second-order valence-electron chi connectivity index (χ2n) is 10.4. The summed E-state index contributed by atoms with van der Waals surface area (Å²) in [6, 6.07) is -7.49. The number of nitrogens with zero attached hydrogens (tertiary/aromatic N) is 6. The van der Waals surface area contributed by atoms with E-state index in [0.717, 1.165) is 0 Å². The van der Waals surface area contributed by atoms with Gasteiger partial charge in [0.25, 0.3) is 23.9 Å². The molecule has 2 rings (SSSR count). The fraction of sp³-hybridized carbons (Fsp3) is 0.840. The second kappa shape index (κ2) is 28.4. The van der Waals surface area contributed by atoms with Gasteiger partial charge in [-0.3, -0.25) is 19.2 Å². The van der Waals surface area contributed by atoms with E-state index >= 15 is 0 Å². The third kappa shape index (κ3) is 17.8. The number of carboxylic acid groups (broad SMARTS) is 4. The van der Waals surface area contributed by atoms with E-state index in [9.17, 15) is 49.8 Å². The van der Waals surface area contributed by atoms with E-state index < -0.39 is 123 Å². The number of aliphatic hydroxyl groups is 8. The van der Waals surface area contributed by atoms with Gasteiger partial charge < -0.3 is 93.2 Å². The van der Waals surface area contributed by atoms with Crippen molar-refractivity contribution in [1.29, 1.82) is 0 Å². The Morgan fingerprint density at radius 3 is 0.800 bits per heavy atom. The summed E-state index contributed by atoms with van der Waals surface area (Å²) in [5.41, 5.74) is 0. The summed E-state index contributed by atoms with van der Waals surface area (Å²) in [5, 5.41) is 136. The Morgan fingerprint density at radius 2 is 0.600 bits per heavy atom. The minimum absolute atomic E-state index is 0. The van der Waals surface area contributed by atoms with E-state index in [0.29, 0.717) is 0 Å². The van der Waals surface area contributed by atoms with Crippen LogP contribution in [0, 0.1) is 0 Å². The molecular formula is C25H42Hf3N6O16-6. The minimum Gasteiger partial charge on any atom is -0.655 e. The van der Waals surface area contributed by atoms with Gasteiger partial charge in [0.05, 0.1) is 0 Å². The molecule has 22 nitrogen and oxygen atoms in total. The summed E-state index contributed by atoms with van der Waals surface area (Å²) < 4.78 is 0. The first-order valence-corrected chi connectivity index (χ1v) is 14.3. The molecule has 8 atom stereocenters. The molecule has 2 aliphatic carbocycles. The van der Waals surface area contributed by atoms with Crippen molar-refractivity contribution >= 4 is 23.9 Å². The van der Waals surface area contributed by atoms with Crippen LogP contribution >= 0.6 is 0 Å². The summed E-state index contributed by atoms with van der Waals surface area (Å²) in [7, 11) is 0. The molecule has 0 aromatic heterocycles. The number of hydrogen-bond donors (Lipinski definition) is 12. The molecule has 0 spiro atoms. The Kier molecular flexibility index (Phi) is 30.8. The maximum absolute atomic E-state index is 10.6. The van der Waals surface area contributed by atoms with Crippen molar-refractivity contribution in [2.24, 2.45) is 0 Å². The quantitative estimate of drug-likeness (QED) is 0.0427. The predicted octanol–water partition coefficient (Wildman–Crippen LogP) is -4.68. The van der Waals surface area contributed by atoms with E-state index in [1.165, 1.54) is 0 Å². The molecule has 25 heteroatoms. The molecule has 0 saturated heterocycles. The number of aliphatic carboxylic acids is 4. The molecule has 0 amide bonds. The van der Waals surface area contributed by atoms with Crippen LogP contribution in [0.3, 0.4) is 0 Å². The summed E-state index contributed by atoms with van der Waals surface area (Å²) in [6.07, 6.45) is -8.69. The van der Waals surface area contributed by atoms with Crippen molar-refractivity contribution < 1.29 is 158 Å². The van der Waals surface area contributed by atoms with Gasteiger partial charge in [0.15, 0.2) is 0 Å². The van der Waals surface area contributed by atoms with Crippen molar-refractivity contribution in [3.05, 3.63) is 31.9 Å². The number of carboxylic acids is 4. The second-order valence-corrected chi connectivity index (χ2v) is 10.4. The third-order valence-corrected chi connectivity index (χ3v) is 7.04. The van der Waals surface area contributed by atoms with E-state index in [1.807, 2.05) is 0 Å². The van der Waals surface area contributed by atoms with Gasteiger partial charge in [-0.05, 0) is 32.6 Å². The van der Waals surface area contributed by atoms with Crippen LogP contribution in [0.25, 0.3) is 31.9 Å². The van der Waals surface area contributed by atoms with E-state index in [2.05, 4.69) is 31.9 Å². The summed E-state index contributed by atoms with van der Waals surface area (Å²) >= 11 is 0.